The highest BCUT2D eigenvalue weighted by atomic mass is 19.1. The van der Waals surface area contributed by atoms with E-state index in [0.717, 1.165) is 49.9 Å². The van der Waals surface area contributed by atoms with Crippen LogP contribution < -0.4 is 15.0 Å². The van der Waals surface area contributed by atoms with Gasteiger partial charge in [-0.25, -0.2) is 8.78 Å². The van der Waals surface area contributed by atoms with Crippen LogP contribution in [-0.2, 0) is 6.42 Å². The molecule has 2 aromatic rings. The van der Waals surface area contributed by atoms with Crippen LogP contribution in [-0.4, -0.2) is 60.0 Å². The van der Waals surface area contributed by atoms with Gasteiger partial charge in [0.05, 0.1) is 6.54 Å². The molecule has 1 aromatic carbocycles. The summed E-state index contributed by atoms with van der Waals surface area (Å²) in [7, 11) is 0. The lowest BCUT2D eigenvalue weighted by atomic mass is 10.1. The van der Waals surface area contributed by atoms with E-state index in [4.69, 9.17) is 4.74 Å². The Morgan fingerprint density at radius 1 is 1.14 bits per heavy atom. The van der Waals surface area contributed by atoms with Crippen LogP contribution in [0.5, 0.6) is 11.8 Å². The molecule has 0 saturated carbocycles. The van der Waals surface area contributed by atoms with Gasteiger partial charge < -0.3 is 15.0 Å². The van der Waals surface area contributed by atoms with E-state index in [0.29, 0.717) is 36.0 Å². The number of piperazine rings is 1. The van der Waals surface area contributed by atoms with Crippen molar-refractivity contribution in [2.75, 3.05) is 49.5 Å². The molecular weight excluding hydrogens is 474 g/mol. The van der Waals surface area contributed by atoms with Gasteiger partial charge in [-0.2, -0.15) is 9.97 Å². The number of hydrogen-bond donors (Lipinski definition) is 1. The number of amidine groups is 1. The Morgan fingerprint density at radius 3 is 2.70 bits per heavy atom. The number of rotatable bonds is 7. The topological polar surface area (TPSA) is 65.9 Å². The number of aromatic nitrogens is 2. The van der Waals surface area contributed by atoms with Crippen molar-refractivity contribution in [3.63, 3.8) is 0 Å². The quantitative estimate of drug-likeness (QED) is 0.527. The van der Waals surface area contributed by atoms with Gasteiger partial charge in [0.1, 0.15) is 23.3 Å². The summed E-state index contributed by atoms with van der Waals surface area (Å²) in [6, 6.07) is 2.83. The third-order valence-corrected chi connectivity index (χ3v) is 6.54. The lowest BCUT2D eigenvalue weighted by Gasteiger charge is -2.34. The van der Waals surface area contributed by atoms with Crippen LogP contribution in [0.4, 0.5) is 20.4 Å². The van der Waals surface area contributed by atoms with E-state index >= 15 is 4.39 Å². The zero-order valence-electron chi connectivity index (χ0n) is 21.1. The summed E-state index contributed by atoms with van der Waals surface area (Å²) in [5.74, 6) is 0.399. The average Bonchev–Trinajstić information content (AvgIpc) is 3.49. The number of benzene rings is 1. The molecule has 0 spiro atoms. The predicted molar refractivity (Wildman–Crippen MR) is 143 cm³/mol. The predicted octanol–water partition coefficient (Wildman–Crippen LogP) is 5.14. The molecule has 7 nitrogen and oxygen atoms in total. The molecule has 1 saturated heterocycles. The van der Waals surface area contributed by atoms with Gasteiger partial charge in [-0.05, 0) is 31.9 Å². The number of halogens is 2. The number of allylic oxidation sites excluding steroid dienone is 2. The molecule has 0 bridgehead atoms. The maximum Gasteiger partial charge on any atom is 0.326 e. The number of ether oxygens (including phenoxy) is 1. The molecule has 1 fully saturated rings. The van der Waals surface area contributed by atoms with Gasteiger partial charge in [-0.1, -0.05) is 29.9 Å². The van der Waals surface area contributed by atoms with E-state index in [9.17, 15) is 4.39 Å². The summed E-state index contributed by atoms with van der Waals surface area (Å²) < 4.78 is 35.8. The Labute approximate surface area is 215 Å². The molecule has 1 aromatic heterocycles. The van der Waals surface area contributed by atoms with Crippen molar-refractivity contribution in [2.24, 2.45) is 4.99 Å². The molecule has 3 heterocycles. The monoisotopic (exact) mass is 504 g/mol. The van der Waals surface area contributed by atoms with Crippen molar-refractivity contribution < 1.29 is 13.5 Å². The zero-order chi connectivity index (χ0) is 25.9. The maximum atomic E-state index is 15.3. The highest BCUT2D eigenvalue weighted by molar-refractivity contribution is 6.05. The van der Waals surface area contributed by atoms with Gasteiger partial charge in [0.25, 0.3) is 0 Å². The van der Waals surface area contributed by atoms with Crippen molar-refractivity contribution in [1.29, 1.82) is 0 Å². The first-order valence-corrected chi connectivity index (χ1v) is 12.4. The maximum absolute atomic E-state index is 15.3. The number of aliphatic imine (C=N–C) groups is 1. The molecular formula is C28H30F2N6O. The summed E-state index contributed by atoms with van der Waals surface area (Å²) in [5, 5.41) is 3.22. The van der Waals surface area contributed by atoms with Crippen molar-refractivity contribution in [1.82, 2.24) is 14.9 Å². The zero-order valence-corrected chi connectivity index (χ0v) is 21.1. The number of anilines is 2. The van der Waals surface area contributed by atoms with Crippen LogP contribution in [0.3, 0.4) is 0 Å². The minimum Gasteiger partial charge on any atom is -0.421 e. The first-order valence-electron chi connectivity index (χ1n) is 12.4. The van der Waals surface area contributed by atoms with Gasteiger partial charge in [0.15, 0.2) is 11.6 Å². The summed E-state index contributed by atoms with van der Waals surface area (Å²) >= 11 is 0. The van der Waals surface area contributed by atoms with E-state index in [1.54, 1.807) is 6.08 Å². The smallest absolute Gasteiger partial charge is 0.326 e. The molecule has 0 radical (unpaired) electrons. The van der Waals surface area contributed by atoms with E-state index in [1.807, 2.05) is 44.2 Å². The molecule has 9 heteroatoms. The number of nitrogens with one attached hydrogen (secondary N) is 1. The third kappa shape index (κ3) is 5.46. The molecule has 1 N–H and O–H groups in total. The number of nitrogens with zero attached hydrogens (tertiary/aromatic N) is 5. The van der Waals surface area contributed by atoms with Crippen molar-refractivity contribution in [3.05, 3.63) is 76.9 Å². The highest BCUT2D eigenvalue weighted by Crippen LogP contribution is 2.36. The average molecular weight is 505 g/mol. The minimum atomic E-state index is -0.617. The minimum absolute atomic E-state index is 0.0678. The Bertz CT molecular complexity index is 1340. The van der Waals surface area contributed by atoms with Crippen molar-refractivity contribution >= 4 is 23.5 Å². The molecule has 1 aliphatic carbocycles. The SMILES string of the molecule is C=CCN1CCN(c2cc(NC3=NCC(/C=C/C)=C3)nc(Oc3cc(F)c4c(c3F)C=C(C)C4)n2)CC1. The van der Waals surface area contributed by atoms with Gasteiger partial charge >= 0.3 is 6.01 Å². The van der Waals surface area contributed by atoms with E-state index < -0.39 is 11.6 Å². The van der Waals surface area contributed by atoms with Gasteiger partial charge in [-0.15, -0.1) is 6.58 Å². The summed E-state index contributed by atoms with van der Waals surface area (Å²) in [4.78, 5) is 18.0. The highest BCUT2D eigenvalue weighted by Gasteiger charge is 2.24. The fourth-order valence-corrected chi connectivity index (χ4v) is 4.73. The van der Waals surface area contributed by atoms with E-state index in [2.05, 4.69) is 36.7 Å². The molecule has 192 valence electrons. The molecule has 0 amide bonds. The lowest BCUT2D eigenvalue weighted by molar-refractivity contribution is 0.283. The van der Waals surface area contributed by atoms with Crippen LogP contribution in [0, 0.1) is 11.6 Å². The molecule has 37 heavy (non-hydrogen) atoms. The second-order valence-corrected chi connectivity index (χ2v) is 9.35. The van der Waals surface area contributed by atoms with Crippen molar-refractivity contribution in [2.45, 2.75) is 20.3 Å². The molecule has 0 atom stereocenters. The van der Waals surface area contributed by atoms with Crippen LogP contribution in [0.15, 0.2) is 59.2 Å². The molecule has 5 rings (SSSR count). The Morgan fingerprint density at radius 2 is 1.95 bits per heavy atom. The summed E-state index contributed by atoms with van der Waals surface area (Å²) in [5.41, 5.74) is 2.54. The normalized spacial score (nSPS) is 17.5. The lowest BCUT2D eigenvalue weighted by Crippen LogP contribution is -2.46. The number of hydrogen-bond acceptors (Lipinski definition) is 7. The van der Waals surface area contributed by atoms with E-state index in [1.165, 1.54) is 0 Å². The van der Waals surface area contributed by atoms with Crippen LogP contribution in [0.1, 0.15) is 25.0 Å². The number of fused-ring (bicyclic) bond motifs is 1. The first-order chi connectivity index (χ1) is 17.9. The summed E-state index contributed by atoms with van der Waals surface area (Å²) in [6.45, 7) is 12.2. The van der Waals surface area contributed by atoms with Crippen LogP contribution >= 0.6 is 0 Å². The van der Waals surface area contributed by atoms with Gasteiger partial charge in [0, 0.05) is 56.0 Å². The Hall–Kier alpha value is -3.85. The molecule has 0 unspecified atom stereocenters. The Balaban J connectivity index is 1.45. The third-order valence-electron chi connectivity index (χ3n) is 6.54. The van der Waals surface area contributed by atoms with Crippen LogP contribution in [0.25, 0.3) is 6.08 Å². The fourth-order valence-electron chi connectivity index (χ4n) is 4.73. The largest absolute Gasteiger partial charge is 0.421 e. The van der Waals surface area contributed by atoms with Crippen molar-refractivity contribution in [3.8, 4) is 11.8 Å². The second kappa shape index (κ2) is 10.6. The standard InChI is InChI=1S/C28H30F2N6O/c1-4-6-19-14-24(31-17-19)32-25-16-26(36-10-8-35(7-5-2)9-11-36)34-28(33-25)37-23-15-22(29)20-12-18(3)13-21(20)27(23)30/h4-6,13-16H,2,7-12,17H2,1,3H3,(H,31,32,33,34)/b6-4+. The van der Waals surface area contributed by atoms with E-state index in [-0.39, 0.29) is 17.3 Å². The molecule has 2 aliphatic heterocycles. The summed E-state index contributed by atoms with van der Waals surface area (Å²) in [6.07, 6.45) is 9.85. The Kier molecular flexibility index (Phi) is 7.14. The second-order valence-electron chi connectivity index (χ2n) is 9.35. The fraction of sp³-hybridized carbons (Fsp3) is 0.321. The van der Waals surface area contributed by atoms with Gasteiger partial charge in [0.2, 0.25) is 0 Å². The van der Waals surface area contributed by atoms with Gasteiger partial charge in [-0.3, -0.25) is 9.89 Å². The first kappa shape index (κ1) is 24.8. The van der Waals surface area contributed by atoms with Crippen LogP contribution in [0.2, 0.25) is 0 Å². The molecule has 3 aliphatic rings.